The number of nitrogens with zero attached hydrogens (tertiary/aromatic N) is 5. The van der Waals surface area contributed by atoms with Crippen molar-refractivity contribution in [2.75, 3.05) is 24.5 Å². The highest BCUT2D eigenvalue weighted by molar-refractivity contribution is 6.28. The number of halogens is 1. The number of amides is 1. The molecular weight excluding hydrogens is 344 g/mol. The van der Waals surface area contributed by atoms with E-state index in [-0.39, 0.29) is 5.28 Å². The molecule has 0 saturated carbocycles. The smallest absolute Gasteiger partial charge is 0.407 e. The lowest BCUT2D eigenvalue weighted by atomic mass is 9.94. The first-order valence-corrected chi connectivity index (χ1v) is 8.75. The zero-order chi connectivity index (χ0) is 18.2. The van der Waals surface area contributed by atoms with Gasteiger partial charge in [0.15, 0.2) is 17.0 Å². The third-order valence-corrected chi connectivity index (χ3v) is 4.80. The number of carbonyl (C=O) groups is 1. The van der Waals surface area contributed by atoms with Crippen molar-refractivity contribution in [1.29, 1.82) is 0 Å². The molecule has 0 aromatic carbocycles. The molecule has 1 saturated heterocycles. The third-order valence-electron chi connectivity index (χ3n) is 4.63. The molecular formula is C16H23ClN6O2. The molecule has 0 spiro atoms. The number of imidazole rings is 1. The van der Waals surface area contributed by atoms with Crippen LogP contribution < -0.4 is 4.90 Å². The van der Waals surface area contributed by atoms with Gasteiger partial charge in [0.25, 0.3) is 0 Å². The molecule has 2 aromatic heterocycles. The Balaban J connectivity index is 1.69. The van der Waals surface area contributed by atoms with Gasteiger partial charge in [-0.3, -0.25) is 0 Å². The van der Waals surface area contributed by atoms with Gasteiger partial charge in [-0.15, -0.1) is 0 Å². The SMILES string of the molecule is CC(C)(C)N(CC1CCN(c2nc(Cl)nc3[nH]cnc23)CC1)C(=O)O. The highest BCUT2D eigenvalue weighted by atomic mass is 35.5. The monoisotopic (exact) mass is 366 g/mol. The summed E-state index contributed by atoms with van der Waals surface area (Å²) in [5.41, 5.74) is 0.941. The summed E-state index contributed by atoms with van der Waals surface area (Å²) in [6, 6.07) is 0. The predicted octanol–water partition coefficient (Wildman–Crippen LogP) is 3.00. The van der Waals surface area contributed by atoms with Crippen molar-refractivity contribution in [3.8, 4) is 0 Å². The second kappa shape index (κ2) is 6.67. The lowest BCUT2D eigenvalue weighted by molar-refractivity contribution is 0.0852. The van der Waals surface area contributed by atoms with Crippen LogP contribution in [0.25, 0.3) is 11.2 Å². The van der Waals surface area contributed by atoms with Gasteiger partial charge in [-0.05, 0) is 51.1 Å². The van der Waals surface area contributed by atoms with Gasteiger partial charge in [-0.2, -0.15) is 9.97 Å². The molecule has 3 heterocycles. The summed E-state index contributed by atoms with van der Waals surface area (Å²) >= 11 is 6.01. The number of nitrogens with one attached hydrogen (secondary N) is 1. The zero-order valence-corrected chi connectivity index (χ0v) is 15.4. The van der Waals surface area contributed by atoms with E-state index in [2.05, 4.69) is 24.8 Å². The molecule has 1 amide bonds. The van der Waals surface area contributed by atoms with E-state index >= 15 is 0 Å². The molecule has 2 aromatic rings. The minimum absolute atomic E-state index is 0.193. The van der Waals surface area contributed by atoms with Crippen LogP contribution in [0.3, 0.4) is 0 Å². The normalized spacial score (nSPS) is 16.4. The second-order valence-electron chi connectivity index (χ2n) is 7.41. The summed E-state index contributed by atoms with van der Waals surface area (Å²) in [6.45, 7) is 7.90. The van der Waals surface area contributed by atoms with E-state index in [0.717, 1.165) is 31.7 Å². The van der Waals surface area contributed by atoms with Crippen molar-refractivity contribution in [2.45, 2.75) is 39.2 Å². The molecule has 1 fully saturated rings. The van der Waals surface area contributed by atoms with Crippen LogP contribution in [0, 0.1) is 5.92 Å². The predicted molar refractivity (Wildman–Crippen MR) is 96.1 cm³/mol. The summed E-state index contributed by atoms with van der Waals surface area (Å²) in [5.74, 6) is 1.07. The minimum atomic E-state index is -0.865. The van der Waals surface area contributed by atoms with Gasteiger partial charge in [-0.25, -0.2) is 9.78 Å². The van der Waals surface area contributed by atoms with Crippen molar-refractivity contribution in [2.24, 2.45) is 5.92 Å². The van der Waals surface area contributed by atoms with Gasteiger partial charge in [0.05, 0.1) is 6.33 Å². The number of carboxylic acid groups (broad SMARTS) is 1. The average molecular weight is 367 g/mol. The number of piperidine rings is 1. The first-order chi connectivity index (χ1) is 11.8. The number of hydrogen-bond acceptors (Lipinski definition) is 5. The fourth-order valence-electron chi connectivity index (χ4n) is 3.24. The molecule has 9 heteroatoms. The Kier molecular flexibility index (Phi) is 4.73. The Bertz CT molecular complexity index is 764. The number of fused-ring (bicyclic) bond motifs is 1. The molecule has 0 bridgehead atoms. The number of rotatable bonds is 3. The van der Waals surface area contributed by atoms with Gasteiger partial charge in [0, 0.05) is 25.2 Å². The number of aromatic nitrogens is 4. The minimum Gasteiger partial charge on any atom is -0.465 e. The maximum Gasteiger partial charge on any atom is 0.407 e. The van der Waals surface area contributed by atoms with E-state index in [1.807, 2.05) is 20.8 Å². The highest BCUT2D eigenvalue weighted by Crippen LogP contribution is 2.28. The molecule has 0 aliphatic carbocycles. The van der Waals surface area contributed by atoms with E-state index in [9.17, 15) is 9.90 Å². The van der Waals surface area contributed by atoms with Crippen molar-refractivity contribution in [3.63, 3.8) is 0 Å². The molecule has 8 nitrogen and oxygen atoms in total. The van der Waals surface area contributed by atoms with Crippen molar-refractivity contribution in [3.05, 3.63) is 11.6 Å². The van der Waals surface area contributed by atoms with Crippen LogP contribution >= 0.6 is 11.6 Å². The Morgan fingerprint density at radius 1 is 1.40 bits per heavy atom. The number of aromatic amines is 1. The summed E-state index contributed by atoms with van der Waals surface area (Å²) in [5, 5.41) is 9.66. The third kappa shape index (κ3) is 3.78. The van der Waals surface area contributed by atoms with Crippen LogP contribution in [0.15, 0.2) is 6.33 Å². The summed E-state index contributed by atoms with van der Waals surface area (Å²) in [4.78, 5) is 30.9. The summed E-state index contributed by atoms with van der Waals surface area (Å²) in [6.07, 6.45) is 2.51. The summed E-state index contributed by atoms with van der Waals surface area (Å²) in [7, 11) is 0. The fourth-order valence-corrected chi connectivity index (χ4v) is 3.40. The van der Waals surface area contributed by atoms with Gasteiger partial charge < -0.3 is 19.9 Å². The zero-order valence-electron chi connectivity index (χ0n) is 14.7. The van der Waals surface area contributed by atoms with Gasteiger partial charge in [0.2, 0.25) is 5.28 Å². The maximum absolute atomic E-state index is 11.5. The number of hydrogen-bond donors (Lipinski definition) is 2. The largest absolute Gasteiger partial charge is 0.465 e. The summed E-state index contributed by atoms with van der Waals surface area (Å²) < 4.78 is 0. The quantitative estimate of drug-likeness (QED) is 0.810. The lowest BCUT2D eigenvalue weighted by Gasteiger charge is -2.39. The fraction of sp³-hybridized carbons (Fsp3) is 0.625. The Hall–Kier alpha value is -2.09. The van der Waals surface area contributed by atoms with Crippen molar-refractivity contribution in [1.82, 2.24) is 24.8 Å². The second-order valence-corrected chi connectivity index (χ2v) is 7.75. The first-order valence-electron chi connectivity index (χ1n) is 8.38. The standard InChI is InChI=1S/C16H23ClN6O2/c1-16(2,3)23(15(24)25)8-10-4-6-22(7-5-10)13-11-12(19-9-18-11)20-14(17)21-13/h9-10H,4-8H2,1-3H3,(H,24,25)(H,18,19,20,21). The topological polar surface area (TPSA) is 98.2 Å². The molecule has 1 aliphatic heterocycles. The molecule has 136 valence electrons. The Morgan fingerprint density at radius 3 is 2.68 bits per heavy atom. The van der Waals surface area contributed by atoms with Gasteiger partial charge in [0.1, 0.15) is 0 Å². The van der Waals surface area contributed by atoms with E-state index < -0.39 is 11.6 Å². The van der Waals surface area contributed by atoms with Crippen molar-refractivity contribution < 1.29 is 9.90 Å². The number of anilines is 1. The van der Waals surface area contributed by atoms with Crippen LogP contribution in [0.1, 0.15) is 33.6 Å². The van der Waals surface area contributed by atoms with Crippen LogP contribution in [0.4, 0.5) is 10.6 Å². The molecule has 0 unspecified atom stereocenters. The molecule has 25 heavy (non-hydrogen) atoms. The molecule has 3 rings (SSSR count). The maximum atomic E-state index is 11.5. The van der Waals surface area contributed by atoms with Crippen LogP contribution in [-0.4, -0.2) is 61.2 Å². The Morgan fingerprint density at radius 2 is 2.08 bits per heavy atom. The van der Waals surface area contributed by atoms with E-state index in [1.54, 1.807) is 6.33 Å². The molecule has 0 atom stereocenters. The van der Waals surface area contributed by atoms with Crippen LogP contribution in [0.5, 0.6) is 0 Å². The van der Waals surface area contributed by atoms with E-state index in [4.69, 9.17) is 11.6 Å². The van der Waals surface area contributed by atoms with Crippen molar-refractivity contribution >= 4 is 34.7 Å². The first kappa shape index (κ1) is 17.7. The molecule has 1 aliphatic rings. The van der Waals surface area contributed by atoms with Crippen LogP contribution in [-0.2, 0) is 0 Å². The highest BCUT2D eigenvalue weighted by Gasteiger charge is 2.31. The van der Waals surface area contributed by atoms with E-state index in [1.165, 1.54) is 4.90 Å². The number of H-pyrrole nitrogens is 1. The molecule has 0 radical (unpaired) electrons. The van der Waals surface area contributed by atoms with Gasteiger partial charge >= 0.3 is 6.09 Å². The lowest BCUT2D eigenvalue weighted by Crippen LogP contribution is -2.49. The molecule has 2 N–H and O–H groups in total. The van der Waals surface area contributed by atoms with E-state index in [0.29, 0.717) is 23.6 Å². The average Bonchev–Trinajstić information content (AvgIpc) is 2.99. The van der Waals surface area contributed by atoms with Gasteiger partial charge in [-0.1, -0.05) is 0 Å². The van der Waals surface area contributed by atoms with Crippen LogP contribution in [0.2, 0.25) is 5.28 Å². The Labute approximate surface area is 151 Å².